The van der Waals surface area contributed by atoms with Crippen LogP contribution in [0, 0.1) is 0 Å². The van der Waals surface area contributed by atoms with E-state index in [1.54, 1.807) is 6.07 Å². The normalized spacial score (nSPS) is 24.0. The zero-order valence-corrected chi connectivity index (χ0v) is 15.0. The van der Waals surface area contributed by atoms with Crippen molar-refractivity contribution in [2.45, 2.75) is 36.7 Å². The number of piperidine rings is 1. The van der Waals surface area contributed by atoms with E-state index in [4.69, 9.17) is 22.1 Å². The number of rotatable bonds is 3. The first-order chi connectivity index (χ1) is 9.77. The van der Waals surface area contributed by atoms with Gasteiger partial charge < -0.3 is 10.5 Å². The molecule has 2 unspecified atom stereocenters. The molecule has 118 valence electrons. The summed E-state index contributed by atoms with van der Waals surface area (Å²) in [5.41, 5.74) is 5.89. The van der Waals surface area contributed by atoms with E-state index in [-0.39, 0.29) is 22.0 Å². The molecule has 0 amide bonds. The van der Waals surface area contributed by atoms with E-state index >= 15 is 0 Å². The largest absolute Gasteiger partial charge is 0.495 e. The highest BCUT2D eigenvalue weighted by Gasteiger charge is 2.35. The van der Waals surface area contributed by atoms with Gasteiger partial charge in [0.25, 0.3) is 0 Å². The molecule has 1 fully saturated rings. The molecule has 0 radical (unpaired) electrons. The summed E-state index contributed by atoms with van der Waals surface area (Å²) >= 11 is 9.34. The van der Waals surface area contributed by atoms with E-state index < -0.39 is 10.0 Å². The third-order valence-corrected chi connectivity index (χ3v) is 6.92. The molecular weight excluding hydrogens is 380 g/mol. The summed E-state index contributed by atoms with van der Waals surface area (Å²) in [5.74, 6) is 0.427. The average Bonchev–Trinajstić information content (AvgIpc) is 2.40. The number of hydrogen-bond donors (Lipinski definition) is 1. The van der Waals surface area contributed by atoms with Crippen LogP contribution in [0.1, 0.15) is 19.8 Å². The van der Waals surface area contributed by atoms with Crippen LogP contribution in [0.2, 0.25) is 5.02 Å². The van der Waals surface area contributed by atoms with Gasteiger partial charge in [-0.3, -0.25) is 0 Å². The Morgan fingerprint density at radius 1 is 1.48 bits per heavy atom. The molecule has 1 aromatic rings. The Morgan fingerprint density at radius 3 is 2.71 bits per heavy atom. The minimum atomic E-state index is -3.62. The van der Waals surface area contributed by atoms with Gasteiger partial charge in [-0.1, -0.05) is 11.6 Å². The number of ether oxygens (including phenoxy) is 1. The monoisotopic (exact) mass is 396 g/mol. The van der Waals surface area contributed by atoms with Crippen molar-refractivity contribution >= 4 is 37.6 Å². The lowest BCUT2D eigenvalue weighted by atomic mass is 10.0. The van der Waals surface area contributed by atoms with Crippen LogP contribution < -0.4 is 10.5 Å². The number of halogens is 2. The Morgan fingerprint density at radius 2 is 2.14 bits per heavy atom. The third-order valence-electron chi connectivity index (χ3n) is 3.65. The summed E-state index contributed by atoms with van der Waals surface area (Å²) in [6.45, 7) is 2.29. The fourth-order valence-corrected chi connectivity index (χ4v) is 5.51. The Labute approximate surface area is 138 Å². The van der Waals surface area contributed by atoms with Gasteiger partial charge in [-0.05, 0) is 47.8 Å². The molecule has 1 aromatic carbocycles. The predicted octanol–water partition coefficient (Wildman–Crippen LogP) is 2.61. The van der Waals surface area contributed by atoms with Crippen molar-refractivity contribution < 1.29 is 13.2 Å². The van der Waals surface area contributed by atoms with E-state index in [2.05, 4.69) is 15.9 Å². The predicted molar refractivity (Wildman–Crippen MR) is 86.3 cm³/mol. The Kier molecular flexibility index (Phi) is 5.20. The highest BCUT2D eigenvalue weighted by Crippen LogP contribution is 2.36. The first-order valence-corrected chi connectivity index (χ1v) is 9.19. The van der Waals surface area contributed by atoms with Crippen LogP contribution in [-0.4, -0.2) is 38.5 Å². The summed E-state index contributed by atoms with van der Waals surface area (Å²) in [4.78, 5) is 0.149. The first-order valence-electron chi connectivity index (χ1n) is 6.57. The third kappa shape index (κ3) is 3.37. The van der Waals surface area contributed by atoms with Crippen LogP contribution in [-0.2, 0) is 10.0 Å². The van der Waals surface area contributed by atoms with Gasteiger partial charge in [0, 0.05) is 23.1 Å². The minimum absolute atomic E-state index is 0.0503. The van der Waals surface area contributed by atoms with Crippen molar-refractivity contribution in [3.05, 3.63) is 21.6 Å². The SMILES string of the molecule is COc1cc(Br)c(S(=O)(=O)N2CCC(N)CC2C)cc1Cl. The highest BCUT2D eigenvalue weighted by molar-refractivity contribution is 9.10. The van der Waals surface area contributed by atoms with E-state index in [1.807, 2.05) is 6.92 Å². The van der Waals surface area contributed by atoms with Crippen molar-refractivity contribution in [1.82, 2.24) is 4.31 Å². The van der Waals surface area contributed by atoms with Crippen molar-refractivity contribution in [2.24, 2.45) is 5.73 Å². The lowest BCUT2D eigenvalue weighted by Crippen LogP contribution is -2.48. The van der Waals surface area contributed by atoms with Crippen LogP contribution in [0.4, 0.5) is 0 Å². The number of methoxy groups -OCH3 is 1. The number of nitrogens with two attached hydrogens (primary N) is 1. The van der Waals surface area contributed by atoms with Gasteiger partial charge in [-0.25, -0.2) is 8.42 Å². The maximum Gasteiger partial charge on any atom is 0.244 e. The lowest BCUT2D eigenvalue weighted by Gasteiger charge is -2.35. The lowest BCUT2D eigenvalue weighted by molar-refractivity contribution is 0.247. The summed E-state index contributed by atoms with van der Waals surface area (Å²) in [7, 11) is -2.14. The maximum atomic E-state index is 12.8. The number of benzene rings is 1. The fraction of sp³-hybridized carbons (Fsp3) is 0.538. The van der Waals surface area contributed by atoms with Crippen LogP contribution in [0.3, 0.4) is 0 Å². The molecule has 0 aliphatic carbocycles. The van der Waals surface area contributed by atoms with Crippen LogP contribution in [0.15, 0.2) is 21.5 Å². The average molecular weight is 398 g/mol. The number of nitrogens with zero attached hydrogens (tertiary/aromatic N) is 1. The molecule has 0 aromatic heterocycles. The van der Waals surface area contributed by atoms with Crippen LogP contribution in [0.25, 0.3) is 0 Å². The molecule has 2 rings (SSSR count). The summed E-state index contributed by atoms with van der Waals surface area (Å²) in [5, 5.41) is 0.264. The molecule has 2 atom stereocenters. The van der Waals surface area contributed by atoms with Crippen molar-refractivity contribution in [3.63, 3.8) is 0 Å². The Balaban J connectivity index is 2.42. The smallest absolute Gasteiger partial charge is 0.244 e. The van der Waals surface area contributed by atoms with Gasteiger partial charge in [0.2, 0.25) is 10.0 Å². The van der Waals surface area contributed by atoms with Crippen LogP contribution in [0.5, 0.6) is 5.75 Å². The molecule has 21 heavy (non-hydrogen) atoms. The second-order valence-electron chi connectivity index (χ2n) is 5.17. The van der Waals surface area contributed by atoms with Crippen molar-refractivity contribution in [3.8, 4) is 5.75 Å². The van der Waals surface area contributed by atoms with Crippen molar-refractivity contribution in [1.29, 1.82) is 0 Å². The second kappa shape index (κ2) is 6.42. The molecule has 1 aliphatic rings. The molecule has 5 nitrogen and oxygen atoms in total. The van der Waals surface area contributed by atoms with Crippen molar-refractivity contribution in [2.75, 3.05) is 13.7 Å². The second-order valence-corrected chi connectivity index (χ2v) is 8.29. The summed E-state index contributed by atoms with van der Waals surface area (Å²) in [6, 6.07) is 2.90. The van der Waals surface area contributed by atoms with E-state index in [0.717, 1.165) is 0 Å². The van der Waals surface area contributed by atoms with E-state index in [1.165, 1.54) is 17.5 Å². The van der Waals surface area contributed by atoms with Gasteiger partial charge in [0.15, 0.2) is 0 Å². The van der Waals surface area contributed by atoms with Gasteiger partial charge >= 0.3 is 0 Å². The molecular formula is C13H18BrClN2O3S. The van der Waals surface area contributed by atoms with Crippen LogP contribution >= 0.6 is 27.5 Å². The molecule has 1 aliphatic heterocycles. The molecule has 0 spiro atoms. The van der Waals surface area contributed by atoms with E-state index in [9.17, 15) is 8.42 Å². The zero-order chi connectivity index (χ0) is 15.8. The first kappa shape index (κ1) is 17.0. The number of sulfonamides is 1. The molecule has 2 N–H and O–H groups in total. The van der Waals surface area contributed by atoms with Gasteiger partial charge in [0.05, 0.1) is 17.0 Å². The standard InChI is InChI=1S/C13H18BrClN2O3S/c1-8-5-9(16)3-4-17(8)21(18,19)13-7-11(15)12(20-2)6-10(13)14/h6-9H,3-5,16H2,1-2H3. The zero-order valence-electron chi connectivity index (χ0n) is 11.8. The minimum Gasteiger partial charge on any atom is -0.495 e. The molecule has 1 saturated heterocycles. The molecule has 8 heteroatoms. The Hall–Kier alpha value is -0.340. The molecule has 0 bridgehead atoms. The van der Waals surface area contributed by atoms with Gasteiger partial charge in [-0.2, -0.15) is 4.31 Å². The topological polar surface area (TPSA) is 72.6 Å². The van der Waals surface area contributed by atoms with E-state index in [0.29, 0.717) is 29.6 Å². The van der Waals surface area contributed by atoms with Gasteiger partial charge in [0.1, 0.15) is 5.75 Å². The summed E-state index contributed by atoms with van der Waals surface area (Å²) < 4.78 is 32.7. The molecule has 1 heterocycles. The van der Waals surface area contributed by atoms with Gasteiger partial charge in [-0.15, -0.1) is 0 Å². The fourth-order valence-electron chi connectivity index (χ4n) is 2.53. The number of hydrogen-bond acceptors (Lipinski definition) is 4. The maximum absolute atomic E-state index is 12.8. The summed E-state index contributed by atoms with van der Waals surface area (Å²) in [6.07, 6.45) is 1.31. The quantitative estimate of drug-likeness (QED) is 0.851. The molecule has 0 saturated carbocycles. The highest BCUT2D eigenvalue weighted by atomic mass is 79.9. The Bertz CT molecular complexity index is 639.